The predicted molar refractivity (Wildman–Crippen MR) is 97.8 cm³/mol. The lowest BCUT2D eigenvalue weighted by atomic mass is 10.1. The lowest BCUT2D eigenvalue weighted by Gasteiger charge is -2.18. The standard InChI is InChI=1S/C12H13Cl3N5O8P/c13-12(14,15)11(23)28-29(24,25)26-1-4-6(21)7(22)10(27-4)20-3-19-5-8(16)17-2-18-9(5)20/h2-4,6-7,10,21-22H,1H2,(H,24,25)(H2,16,17,18)/t4-,6-,7-,10-/m1/s1. The van der Waals surface area contributed by atoms with Gasteiger partial charge in [0.05, 0.1) is 12.9 Å². The molecular weight excluding hydrogens is 479 g/mol. The quantitative estimate of drug-likeness (QED) is 0.324. The van der Waals surface area contributed by atoms with E-state index in [4.69, 9.17) is 45.3 Å². The van der Waals surface area contributed by atoms with Gasteiger partial charge in [0, 0.05) is 0 Å². The van der Waals surface area contributed by atoms with Crippen LogP contribution < -0.4 is 5.73 Å². The molecule has 13 nitrogen and oxygen atoms in total. The van der Waals surface area contributed by atoms with Gasteiger partial charge in [0.1, 0.15) is 30.2 Å². The van der Waals surface area contributed by atoms with Crippen LogP contribution in [0.4, 0.5) is 5.82 Å². The number of phosphoric ester groups is 1. The summed E-state index contributed by atoms with van der Waals surface area (Å²) in [5, 5.41) is 20.5. The van der Waals surface area contributed by atoms with Crippen molar-refractivity contribution in [2.75, 3.05) is 12.3 Å². The Labute approximate surface area is 176 Å². The van der Waals surface area contributed by atoms with Crippen molar-refractivity contribution in [3.8, 4) is 0 Å². The summed E-state index contributed by atoms with van der Waals surface area (Å²) >= 11 is 15.7. The van der Waals surface area contributed by atoms with Crippen molar-refractivity contribution >= 4 is 65.6 Å². The molecule has 0 amide bonds. The fraction of sp³-hybridized carbons (Fsp3) is 0.500. The molecule has 160 valence electrons. The lowest BCUT2D eigenvalue weighted by Crippen LogP contribution is -2.33. The van der Waals surface area contributed by atoms with Gasteiger partial charge in [-0.15, -0.1) is 0 Å². The summed E-state index contributed by atoms with van der Waals surface area (Å²) in [7, 11) is -5.00. The van der Waals surface area contributed by atoms with Crippen LogP contribution in [0.25, 0.3) is 11.2 Å². The number of aliphatic hydroxyl groups is 2. The van der Waals surface area contributed by atoms with Gasteiger partial charge < -0.3 is 25.2 Å². The Morgan fingerprint density at radius 2 is 2.00 bits per heavy atom. The zero-order chi connectivity index (χ0) is 21.6. The number of phosphoric acid groups is 1. The van der Waals surface area contributed by atoms with Crippen LogP contribution in [-0.2, 0) is 23.1 Å². The number of aromatic nitrogens is 4. The van der Waals surface area contributed by atoms with Gasteiger partial charge in [-0.2, -0.15) is 0 Å². The van der Waals surface area contributed by atoms with Crippen LogP contribution in [0.15, 0.2) is 12.7 Å². The summed E-state index contributed by atoms with van der Waals surface area (Å²) in [4.78, 5) is 32.7. The van der Waals surface area contributed by atoms with E-state index >= 15 is 0 Å². The van der Waals surface area contributed by atoms with E-state index in [1.807, 2.05) is 0 Å². The van der Waals surface area contributed by atoms with Gasteiger partial charge >= 0.3 is 13.8 Å². The molecule has 5 N–H and O–H groups in total. The molecular formula is C12H13Cl3N5O8P. The highest BCUT2D eigenvalue weighted by atomic mass is 35.6. The molecule has 2 aromatic rings. The average Bonchev–Trinajstić information content (AvgIpc) is 3.15. The minimum absolute atomic E-state index is 0.0960. The van der Waals surface area contributed by atoms with Crippen LogP contribution in [0, 0.1) is 0 Å². The molecule has 2 aromatic heterocycles. The molecule has 0 saturated carbocycles. The number of halogens is 3. The molecule has 1 fully saturated rings. The average molecular weight is 493 g/mol. The molecule has 0 bridgehead atoms. The fourth-order valence-corrected chi connectivity index (χ4v) is 3.52. The van der Waals surface area contributed by atoms with E-state index in [1.165, 1.54) is 17.2 Å². The van der Waals surface area contributed by atoms with Crippen LogP contribution >= 0.6 is 42.6 Å². The molecule has 3 rings (SSSR count). The van der Waals surface area contributed by atoms with E-state index in [0.29, 0.717) is 0 Å². The van der Waals surface area contributed by atoms with Crippen LogP contribution in [-0.4, -0.2) is 69.3 Å². The summed E-state index contributed by atoms with van der Waals surface area (Å²) in [6.45, 7) is -0.751. The summed E-state index contributed by atoms with van der Waals surface area (Å²) in [5.41, 5.74) is 6.16. The first kappa shape index (κ1) is 22.4. The van der Waals surface area contributed by atoms with E-state index in [1.54, 1.807) is 0 Å². The summed E-state index contributed by atoms with van der Waals surface area (Å²) in [6.07, 6.45) is -3.06. The largest absolute Gasteiger partial charge is 0.529 e. The highest BCUT2D eigenvalue weighted by molar-refractivity contribution is 7.48. The third-order valence-electron chi connectivity index (χ3n) is 3.83. The molecule has 1 aliphatic rings. The van der Waals surface area contributed by atoms with Crippen molar-refractivity contribution in [3.05, 3.63) is 12.7 Å². The number of hydrogen-bond donors (Lipinski definition) is 4. The third kappa shape index (κ3) is 4.74. The zero-order valence-electron chi connectivity index (χ0n) is 14.0. The molecule has 3 heterocycles. The van der Waals surface area contributed by atoms with E-state index < -0.39 is 48.7 Å². The number of ether oxygens (including phenoxy) is 1. The molecule has 1 aliphatic heterocycles. The lowest BCUT2D eigenvalue weighted by molar-refractivity contribution is -0.135. The normalized spacial score (nSPS) is 27.1. The predicted octanol–water partition coefficient (Wildman–Crippen LogP) is 0.0581. The molecule has 0 aliphatic carbocycles. The number of carbonyl (C=O) groups is 1. The van der Waals surface area contributed by atoms with Gasteiger partial charge in [-0.25, -0.2) is 24.3 Å². The van der Waals surface area contributed by atoms with Crippen LogP contribution in [0.5, 0.6) is 0 Å². The second-order valence-electron chi connectivity index (χ2n) is 5.77. The maximum Gasteiger partial charge on any atom is 0.529 e. The number of carbonyl (C=O) groups excluding carboxylic acids is 1. The Morgan fingerprint density at radius 3 is 2.66 bits per heavy atom. The van der Waals surface area contributed by atoms with Gasteiger partial charge in [-0.1, -0.05) is 34.8 Å². The van der Waals surface area contributed by atoms with Crippen molar-refractivity contribution in [2.45, 2.75) is 28.3 Å². The van der Waals surface area contributed by atoms with Crippen LogP contribution in [0.1, 0.15) is 6.23 Å². The van der Waals surface area contributed by atoms with E-state index in [0.717, 1.165) is 0 Å². The van der Waals surface area contributed by atoms with Crippen molar-refractivity contribution in [3.63, 3.8) is 0 Å². The number of aliphatic hydroxyl groups excluding tert-OH is 2. The molecule has 29 heavy (non-hydrogen) atoms. The van der Waals surface area contributed by atoms with Gasteiger partial charge in [0.2, 0.25) is 0 Å². The number of alkyl halides is 3. The number of fused-ring (bicyclic) bond motifs is 1. The van der Waals surface area contributed by atoms with Gasteiger partial charge in [0.15, 0.2) is 17.7 Å². The van der Waals surface area contributed by atoms with Crippen molar-refractivity contribution in [1.29, 1.82) is 0 Å². The molecule has 0 radical (unpaired) electrons. The number of rotatable bonds is 5. The summed E-state index contributed by atoms with van der Waals surface area (Å²) in [6, 6.07) is 0. The maximum absolute atomic E-state index is 11.8. The van der Waals surface area contributed by atoms with Gasteiger partial charge in [0.25, 0.3) is 3.79 Å². The van der Waals surface area contributed by atoms with Crippen LogP contribution in [0.2, 0.25) is 0 Å². The smallest absolute Gasteiger partial charge is 0.387 e. The highest BCUT2D eigenvalue weighted by Crippen LogP contribution is 2.47. The minimum atomic E-state index is -5.00. The molecule has 0 spiro atoms. The van der Waals surface area contributed by atoms with E-state index in [9.17, 15) is 24.5 Å². The Kier molecular flexibility index (Phi) is 6.26. The Morgan fingerprint density at radius 1 is 1.31 bits per heavy atom. The first-order valence-electron chi connectivity index (χ1n) is 7.63. The maximum atomic E-state index is 11.8. The topological polar surface area (TPSA) is 192 Å². The number of anilines is 1. The van der Waals surface area contributed by atoms with Crippen LogP contribution in [0.3, 0.4) is 0 Å². The zero-order valence-corrected chi connectivity index (χ0v) is 17.2. The first-order chi connectivity index (χ1) is 13.4. The molecule has 5 atom stereocenters. The third-order valence-corrected chi connectivity index (χ3v) is 5.16. The molecule has 17 heteroatoms. The number of hydrogen-bond acceptors (Lipinski definition) is 11. The molecule has 1 saturated heterocycles. The second kappa shape index (κ2) is 8.10. The highest BCUT2D eigenvalue weighted by Gasteiger charge is 2.46. The fourth-order valence-electron chi connectivity index (χ4n) is 2.50. The molecule has 1 unspecified atom stereocenters. The van der Waals surface area contributed by atoms with E-state index in [-0.39, 0.29) is 17.0 Å². The second-order valence-corrected chi connectivity index (χ2v) is 9.43. The summed E-state index contributed by atoms with van der Waals surface area (Å²) < 4.78 is 24.7. The van der Waals surface area contributed by atoms with Gasteiger partial charge in [-0.3, -0.25) is 14.0 Å². The number of nitrogens with zero attached hydrogens (tertiary/aromatic N) is 4. The van der Waals surface area contributed by atoms with Crippen molar-refractivity contribution in [2.24, 2.45) is 0 Å². The Balaban J connectivity index is 1.70. The molecule has 0 aromatic carbocycles. The van der Waals surface area contributed by atoms with Gasteiger partial charge in [-0.05, 0) is 0 Å². The number of nitrogens with two attached hydrogens (primary N) is 1. The van der Waals surface area contributed by atoms with Crippen molar-refractivity contribution < 1.29 is 38.3 Å². The number of nitrogen functional groups attached to an aromatic ring is 1. The number of imidazole rings is 1. The Bertz CT molecular complexity index is 971. The Hall–Kier alpha value is -1.28. The summed E-state index contributed by atoms with van der Waals surface area (Å²) in [5.74, 6) is -1.54. The van der Waals surface area contributed by atoms with Crippen molar-refractivity contribution in [1.82, 2.24) is 19.5 Å². The first-order valence-corrected chi connectivity index (χ1v) is 10.3. The van der Waals surface area contributed by atoms with E-state index in [2.05, 4.69) is 24.0 Å². The minimum Gasteiger partial charge on any atom is -0.387 e. The monoisotopic (exact) mass is 491 g/mol. The SMILES string of the molecule is Nc1ncnc2c1ncn2[C@@H]1O[C@H](COP(=O)(O)OC(=O)C(Cl)(Cl)Cl)[C@@H](O)[C@H]1O.